The number of hydrogen-bond acceptors (Lipinski definition) is 5. The zero-order valence-electron chi connectivity index (χ0n) is 12.9. The SMILES string of the molecule is COc1cc(CNCC(C)Cn2ccnc2)cc2c1OCO2. The van der Waals surface area contributed by atoms with Crippen LogP contribution in [0, 0.1) is 5.92 Å². The summed E-state index contributed by atoms with van der Waals surface area (Å²) >= 11 is 0. The molecule has 1 N–H and O–H groups in total. The summed E-state index contributed by atoms with van der Waals surface area (Å²) < 4.78 is 18.3. The molecule has 2 aromatic rings. The summed E-state index contributed by atoms with van der Waals surface area (Å²) in [5, 5.41) is 3.47. The topological polar surface area (TPSA) is 57.5 Å². The van der Waals surface area contributed by atoms with E-state index in [1.807, 2.05) is 24.7 Å². The fraction of sp³-hybridized carbons (Fsp3) is 0.438. The van der Waals surface area contributed by atoms with E-state index in [0.717, 1.165) is 36.7 Å². The van der Waals surface area contributed by atoms with Crippen LogP contribution in [0.3, 0.4) is 0 Å². The zero-order valence-corrected chi connectivity index (χ0v) is 12.9. The summed E-state index contributed by atoms with van der Waals surface area (Å²) in [5.74, 6) is 2.69. The molecular formula is C16H21N3O3. The largest absolute Gasteiger partial charge is 0.493 e. The lowest BCUT2D eigenvalue weighted by Crippen LogP contribution is -2.23. The Hall–Kier alpha value is -2.21. The average molecular weight is 303 g/mol. The van der Waals surface area contributed by atoms with Gasteiger partial charge in [0.25, 0.3) is 0 Å². The minimum absolute atomic E-state index is 0.254. The minimum Gasteiger partial charge on any atom is -0.493 e. The van der Waals surface area contributed by atoms with Crippen molar-refractivity contribution in [2.45, 2.75) is 20.0 Å². The number of methoxy groups -OCH3 is 1. The second-order valence-corrected chi connectivity index (χ2v) is 5.53. The Morgan fingerprint density at radius 3 is 3.09 bits per heavy atom. The summed E-state index contributed by atoms with van der Waals surface area (Å²) in [6, 6.07) is 3.99. The van der Waals surface area contributed by atoms with E-state index in [1.54, 1.807) is 13.3 Å². The quantitative estimate of drug-likeness (QED) is 0.848. The molecule has 1 atom stereocenters. The van der Waals surface area contributed by atoms with Crippen LogP contribution in [0.2, 0.25) is 0 Å². The number of fused-ring (bicyclic) bond motifs is 1. The van der Waals surface area contributed by atoms with E-state index in [2.05, 4.69) is 21.8 Å². The van der Waals surface area contributed by atoms with Gasteiger partial charge in [-0.3, -0.25) is 0 Å². The number of nitrogens with zero attached hydrogens (tertiary/aromatic N) is 2. The van der Waals surface area contributed by atoms with E-state index in [4.69, 9.17) is 14.2 Å². The van der Waals surface area contributed by atoms with Crippen molar-refractivity contribution in [3.63, 3.8) is 0 Å². The summed E-state index contributed by atoms with van der Waals surface area (Å²) in [5.41, 5.74) is 1.12. The molecular weight excluding hydrogens is 282 g/mol. The Kier molecular flexibility index (Phi) is 4.48. The normalized spacial score (nSPS) is 14.1. The maximum atomic E-state index is 5.44. The molecule has 1 aliphatic rings. The van der Waals surface area contributed by atoms with Gasteiger partial charge >= 0.3 is 0 Å². The number of imidazole rings is 1. The second kappa shape index (κ2) is 6.70. The number of rotatable bonds is 7. The van der Waals surface area contributed by atoms with Gasteiger partial charge in [-0.1, -0.05) is 6.92 Å². The highest BCUT2D eigenvalue weighted by Gasteiger charge is 2.19. The van der Waals surface area contributed by atoms with Gasteiger partial charge in [0.2, 0.25) is 12.5 Å². The van der Waals surface area contributed by atoms with Gasteiger partial charge in [0.15, 0.2) is 11.5 Å². The Morgan fingerprint density at radius 1 is 1.41 bits per heavy atom. The van der Waals surface area contributed by atoms with Crippen LogP contribution in [0.5, 0.6) is 17.2 Å². The Balaban J connectivity index is 1.53. The first kappa shape index (κ1) is 14.7. The molecule has 118 valence electrons. The monoisotopic (exact) mass is 303 g/mol. The lowest BCUT2D eigenvalue weighted by molar-refractivity contribution is 0.171. The molecule has 3 rings (SSSR count). The number of nitrogens with one attached hydrogen (secondary N) is 1. The van der Waals surface area contributed by atoms with Crippen LogP contribution in [-0.2, 0) is 13.1 Å². The molecule has 22 heavy (non-hydrogen) atoms. The first-order valence-electron chi connectivity index (χ1n) is 7.39. The Morgan fingerprint density at radius 2 is 2.32 bits per heavy atom. The van der Waals surface area contributed by atoms with Crippen LogP contribution >= 0.6 is 0 Å². The number of ether oxygens (including phenoxy) is 3. The number of aromatic nitrogens is 2. The molecule has 0 saturated heterocycles. The van der Waals surface area contributed by atoms with E-state index in [-0.39, 0.29) is 6.79 Å². The van der Waals surface area contributed by atoms with Crippen LogP contribution in [0.15, 0.2) is 30.9 Å². The lowest BCUT2D eigenvalue weighted by Gasteiger charge is -2.14. The number of hydrogen-bond donors (Lipinski definition) is 1. The fourth-order valence-electron chi connectivity index (χ4n) is 2.57. The van der Waals surface area contributed by atoms with Crippen molar-refractivity contribution in [3.8, 4) is 17.2 Å². The van der Waals surface area contributed by atoms with Gasteiger partial charge in [0, 0.05) is 25.5 Å². The lowest BCUT2D eigenvalue weighted by atomic mass is 10.1. The van der Waals surface area contributed by atoms with Crippen molar-refractivity contribution >= 4 is 0 Å². The van der Waals surface area contributed by atoms with Crippen molar-refractivity contribution in [3.05, 3.63) is 36.4 Å². The summed E-state index contributed by atoms with van der Waals surface area (Å²) in [6.07, 6.45) is 5.64. The molecule has 0 fully saturated rings. The summed E-state index contributed by atoms with van der Waals surface area (Å²) in [7, 11) is 1.64. The van der Waals surface area contributed by atoms with Crippen LogP contribution in [0.4, 0.5) is 0 Å². The maximum Gasteiger partial charge on any atom is 0.231 e. The van der Waals surface area contributed by atoms with Gasteiger partial charge in [-0.15, -0.1) is 0 Å². The molecule has 0 saturated carbocycles. The van der Waals surface area contributed by atoms with E-state index in [9.17, 15) is 0 Å². The highest BCUT2D eigenvalue weighted by Crippen LogP contribution is 2.41. The predicted octanol–water partition coefficient (Wildman–Crippen LogP) is 2.05. The van der Waals surface area contributed by atoms with Crippen molar-refractivity contribution in [2.24, 2.45) is 5.92 Å². The van der Waals surface area contributed by atoms with Gasteiger partial charge in [-0.05, 0) is 30.2 Å². The van der Waals surface area contributed by atoms with Gasteiger partial charge in [-0.25, -0.2) is 4.98 Å². The van der Waals surface area contributed by atoms with E-state index >= 15 is 0 Å². The molecule has 2 heterocycles. The van der Waals surface area contributed by atoms with Crippen molar-refractivity contribution < 1.29 is 14.2 Å². The molecule has 0 aliphatic carbocycles. The third-order valence-corrected chi connectivity index (χ3v) is 3.62. The van der Waals surface area contributed by atoms with E-state index in [1.165, 1.54) is 0 Å². The molecule has 6 heteroatoms. The van der Waals surface area contributed by atoms with Crippen molar-refractivity contribution in [2.75, 3.05) is 20.4 Å². The molecule has 1 aromatic carbocycles. The number of benzene rings is 1. The molecule has 0 bridgehead atoms. The molecule has 1 aliphatic heterocycles. The average Bonchev–Trinajstić information content (AvgIpc) is 3.17. The van der Waals surface area contributed by atoms with Crippen LogP contribution < -0.4 is 19.5 Å². The molecule has 0 spiro atoms. The molecule has 1 aromatic heterocycles. The van der Waals surface area contributed by atoms with Gasteiger partial charge in [0.1, 0.15) is 0 Å². The summed E-state index contributed by atoms with van der Waals surface area (Å²) in [6.45, 7) is 5.12. The smallest absolute Gasteiger partial charge is 0.231 e. The maximum absolute atomic E-state index is 5.44. The molecule has 1 unspecified atom stereocenters. The highest BCUT2D eigenvalue weighted by molar-refractivity contribution is 5.55. The standard InChI is InChI=1S/C16H21N3O3/c1-12(9-19-4-3-17-10-19)7-18-8-13-5-14(20-2)16-15(6-13)21-11-22-16/h3-6,10,12,18H,7-9,11H2,1-2H3. The first-order valence-corrected chi connectivity index (χ1v) is 7.39. The predicted molar refractivity (Wildman–Crippen MR) is 82.2 cm³/mol. The van der Waals surface area contributed by atoms with Gasteiger partial charge in [-0.2, -0.15) is 0 Å². The summed E-state index contributed by atoms with van der Waals surface area (Å²) in [4.78, 5) is 4.06. The van der Waals surface area contributed by atoms with Crippen LogP contribution in [0.25, 0.3) is 0 Å². The molecule has 0 amide bonds. The second-order valence-electron chi connectivity index (χ2n) is 5.53. The molecule has 0 radical (unpaired) electrons. The van der Waals surface area contributed by atoms with E-state index < -0.39 is 0 Å². The Bertz CT molecular complexity index is 613. The third-order valence-electron chi connectivity index (χ3n) is 3.62. The van der Waals surface area contributed by atoms with Crippen LogP contribution in [-0.4, -0.2) is 30.0 Å². The van der Waals surface area contributed by atoms with E-state index in [0.29, 0.717) is 11.7 Å². The third kappa shape index (κ3) is 3.33. The van der Waals surface area contributed by atoms with Crippen LogP contribution in [0.1, 0.15) is 12.5 Å². The van der Waals surface area contributed by atoms with Crippen molar-refractivity contribution in [1.82, 2.24) is 14.9 Å². The Labute approximate surface area is 130 Å². The fourth-order valence-corrected chi connectivity index (χ4v) is 2.57. The minimum atomic E-state index is 0.254. The highest BCUT2D eigenvalue weighted by atomic mass is 16.7. The molecule has 6 nitrogen and oxygen atoms in total. The first-order chi connectivity index (χ1) is 10.8. The van der Waals surface area contributed by atoms with Gasteiger partial charge in [0.05, 0.1) is 13.4 Å². The van der Waals surface area contributed by atoms with Crippen molar-refractivity contribution in [1.29, 1.82) is 0 Å². The zero-order chi connectivity index (χ0) is 15.4. The van der Waals surface area contributed by atoms with Gasteiger partial charge < -0.3 is 24.1 Å².